The molecule has 0 saturated heterocycles. The second-order valence-electron chi connectivity index (χ2n) is 6.69. The minimum absolute atomic E-state index is 0.132. The van der Waals surface area contributed by atoms with Crippen molar-refractivity contribution in [1.29, 1.82) is 0 Å². The summed E-state index contributed by atoms with van der Waals surface area (Å²) in [6, 6.07) is 8.58. The number of carbonyl (C=O) groups excluding carboxylic acids is 1. The van der Waals surface area contributed by atoms with E-state index in [1.165, 1.54) is 11.1 Å². The van der Waals surface area contributed by atoms with Gasteiger partial charge in [-0.3, -0.25) is 4.79 Å². The number of hydrogen-bond donors (Lipinski definition) is 2. The molecule has 0 heterocycles. The predicted octanol–water partition coefficient (Wildman–Crippen LogP) is 1.85. The molecular formula is C17H21NO2. The molecule has 0 spiro atoms. The van der Waals surface area contributed by atoms with Gasteiger partial charge in [0.2, 0.25) is 5.91 Å². The van der Waals surface area contributed by atoms with Gasteiger partial charge in [0.25, 0.3) is 0 Å². The molecule has 1 amide bonds. The van der Waals surface area contributed by atoms with Gasteiger partial charge in [-0.05, 0) is 54.6 Å². The van der Waals surface area contributed by atoms with Gasteiger partial charge in [0.1, 0.15) is 0 Å². The molecule has 2 N–H and O–H groups in total. The minimum Gasteiger partial charge on any atom is -0.393 e. The van der Waals surface area contributed by atoms with Crippen molar-refractivity contribution in [2.45, 2.75) is 37.7 Å². The topological polar surface area (TPSA) is 49.3 Å². The molecule has 3 aliphatic rings. The molecule has 2 saturated carbocycles. The summed E-state index contributed by atoms with van der Waals surface area (Å²) >= 11 is 0. The molecule has 0 bridgehead atoms. The zero-order valence-electron chi connectivity index (χ0n) is 11.6. The van der Waals surface area contributed by atoms with Crippen LogP contribution in [0, 0.1) is 17.8 Å². The van der Waals surface area contributed by atoms with Crippen molar-refractivity contribution in [3.63, 3.8) is 0 Å². The molecule has 1 aromatic rings. The average Bonchev–Trinajstić information content (AvgIpc) is 3.17. The summed E-state index contributed by atoms with van der Waals surface area (Å²) in [6.07, 6.45) is 3.84. The highest BCUT2D eigenvalue weighted by Gasteiger charge is 2.56. The molecule has 0 aromatic heterocycles. The van der Waals surface area contributed by atoms with E-state index in [9.17, 15) is 9.90 Å². The van der Waals surface area contributed by atoms with Crippen LogP contribution in [0.2, 0.25) is 0 Å². The van der Waals surface area contributed by atoms with Gasteiger partial charge in [0.05, 0.1) is 6.10 Å². The van der Waals surface area contributed by atoms with E-state index in [0.717, 1.165) is 32.2 Å². The maximum Gasteiger partial charge on any atom is 0.224 e. The monoisotopic (exact) mass is 271 g/mol. The first-order valence-electron chi connectivity index (χ1n) is 7.77. The second kappa shape index (κ2) is 4.59. The Morgan fingerprint density at radius 2 is 2.10 bits per heavy atom. The van der Waals surface area contributed by atoms with E-state index in [0.29, 0.717) is 17.8 Å². The Hall–Kier alpha value is -1.35. The third-order valence-corrected chi connectivity index (χ3v) is 5.41. The molecular weight excluding hydrogens is 250 g/mol. The lowest BCUT2D eigenvalue weighted by Gasteiger charge is -2.31. The van der Waals surface area contributed by atoms with E-state index in [1.54, 1.807) is 0 Å². The zero-order valence-corrected chi connectivity index (χ0v) is 11.6. The maximum atomic E-state index is 12.3. The molecule has 1 aromatic carbocycles. The summed E-state index contributed by atoms with van der Waals surface area (Å²) in [5.74, 6) is 1.95. The number of nitrogens with one attached hydrogen (secondary N) is 1. The van der Waals surface area contributed by atoms with Gasteiger partial charge >= 0.3 is 0 Å². The molecule has 0 aliphatic heterocycles. The molecule has 3 nitrogen and oxygen atoms in total. The van der Waals surface area contributed by atoms with Crippen LogP contribution in [0.4, 0.5) is 0 Å². The fourth-order valence-electron chi connectivity index (χ4n) is 4.15. The van der Waals surface area contributed by atoms with Crippen molar-refractivity contribution in [2.75, 3.05) is 6.54 Å². The van der Waals surface area contributed by atoms with Crippen LogP contribution in [-0.4, -0.2) is 23.7 Å². The van der Waals surface area contributed by atoms with E-state index < -0.39 is 0 Å². The highest BCUT2D eigenvalue weighted by atomic mass is 16.3. The van der Waals surface area contributed by atoms with E-state index in [1.807, 2.05) is 0 Å². The van der Waals surface area contributed by atoms with E-state index in [2.05, 4.69) is 29.6 Å². The number of aliphatic hydroxyl groups is 1. The van der Waals surface area contributed by atoms with Crippen LogP contribution in [0.25, 0.3) is 0 Å². The summed E-state index contributed by atoms with van der Waals surface area (Å²) < 4.78 is 0. The quantitative estimate of drug-likeness (QED) is 0.881. The Balaban J connectivity index is 1.38. The third kappa shape index (κ3) is 1.96. The Morgan fingerprint density at radius 1 is 1.30 bits per heavy atom. The van der Waals surface area contributed by atoms with Crippen molar-refractivity contribution in [3.05, 3.63) is 35.4 Å². The number of benzene rings is 1. The van der Waals surface area contributed by atoms with E-state index in [-0.39, 0.29) is 17.9 Å². The standard InChI is InChI=1S/C17H21NO2/c19-12-7-10(8-12)9-18-17(20)16-14-6-5-11-3-1-2-4-13(11)15(14)16/h1-4,10,12,14-16,19H,5-9H2,(H,18,20). The van der Waals surface area contributed by atoms with Crippen LogP contribution in [0.1, 0.15) is 36.3 Å². The van der Waals surface area contributed by atoms with Crippen molar-refractivity contribution in [2.24, 2.45) is 17.8 Å². The molecule has 3 aliphatic carbocycles. The first kappa shape index (κ1) is 12.4. The van der Waals surface area contributed by atoms with Crippen molar-refractivity contribution in [1.82, 2.24) is 5.32 Å². The Kier molecular flexibility index (Phi) is 2.84. The second-order valence-corrected chi connectivity index (χ2v) is 6.69. The summed E-state index contributed by atoms with van der Waals surface area (Å²) in [6.45, 7) is 0.744. The lowest BCUT2D eigenvalue weighted by atomic mass is 9.82. The summed E-state index contributed by atoms with van der Waals surface area (Å²) in [5, 5.41) is 12.4. The molecule has 4 rings (SSSR count). The van der Waals surface area contributed by atoms with E-state index in [4.69, 9.17) is 0 Å². The van der Waals surface area contributed by atoms with Gasteiger partial charge in [0, 0.05) is 12.5 Å². The van der Waals surface area contributed by atoms with Crippen molar-refractivity contribution >= 4 is 5.91 Å². The normalized spacial score (nSPS) is 37.4. The molecule has 2 fully saturated rings. The lowest BCUT2D eigenvalue weighted by molar-refractivity contribution is -0.123. The van der Waals surface area contributed by atoms with Gasteiger partial charge in [-0.1, -0.05) is 24.3 Å². The van der Waals surface area contributed by atoms with Crippen LogP contribution in [-0.2, 0) is 11.2 Å². The largest absolute Gasteiger partial charge is 0.393 e. The van der Waals surface area contributed by atoms with Crippen molar-refractivity contribution in [3.8, 4) is 0 Å². The van der Waals surface area contributed by atoms with Crippen LogP contribution < -0.4 is 5.32 Å². The van der Waals surface area contributed by atoms with Gasteiger partial charge in [-0.2, -0.15) is 0 Å². The first-order valence-corrected chi connectivity index (χ1v) is 7.77. The van der Waals surface area contributed by atoms with Crippen LogP contribution in [0.15, 0.2) is 24.3 Å². The fraction of sp³-hybridized carbons (Fsp3) is 0.588. The van der Waals surface area contributed by atoms with Crippen LogP contribution in [0.3, 0.4) is 0 Å². The highest BCUT2D eigenvalue weighted by molar-refractivity contribution is 5.84. The summed E-state index contributed by atoms with van der Waals surface area (Å²) in [7, 11) is 0. The minimum atomic E-state index is -0.132. The molecule has 106 valence electrons. The number of carbonyl (C=O) groups is 1. The summed E-state index contributed by atoms with van der Waals surface area (Å²) in [4.78, 5) is 12.3. The SMILES string of the molecule is O=C(NCC1CC(O)C1)C1C2CCc3ccccc3C21. The molecule has 3 heteroatoms. The number of aliphatic hydroxyl groups excluding tert-OH is 1. The Morgan fingerprint density at radius 3 is 2.90 bits per heavy atom. The van der Waals surface area contributed by atoms with Crippen LogP contribution in [0.5, 0.6) is 0 Å². The highest BCUT2D eigenvalue weighted by Crippen LogP contribution is 2.59. The number of aryl methyl sites for hydroxylation is 1. The van der Waals surface area contributed by atoms with Gasteiger partial charge < -0.3 is 10.4 Å². The molecule has 3 unspecified atom stereocenters. The van der Waals surface area contributed by atoms with Crippen molar-refractivity contribution < 1.29 is 9.90 Å². The number of hydrogen-bond acceptors (Lipinski definition) is 2. The van der Waals surface area contributed by atoms with Gasteiger partial charge in [-0.25, -0.2) is 0 Å². The fourth-order valence-corrected chi connectivity index (χ4v) is 4.15. The Bertz CT molecular complexity index is 536. The average molecular weight is 271 g/mol. The summed E-state index contributed by atoms with van der Waals surface area (Å²) in [5.41, 5.74) is 2.84. The van der Waals surface area contributed by atoms with E-state index >= 15 is 0 Å². The molecule has 0 radical (unpaired) electrons. The maximum absolute atomic E-state index is 12.3. The number of rotatable bonds is 3. The molecule has 3 atom stereocenters. The Labute approximate surface area is 119 Å². The predicted molar refractivity (Wildman–Crippen MR) is 76.2 cm³/mol. The zero-order chi connectivity index (χ0) is 13.7. The van der Waals surface area contributed by atoms with Crippen LogP contribution >= 0.6 is 0 Å². The first-order chi connectivity index (χ1) is 9.74. The smallest absolute Gasteiger partial charge is 0.224 e. The molecule has 20 heavy (non-hydrogen) atoms. The van der Waals surface area contributed by atoms with Gasteiger partial charge in [-0.15, -0.1) is 0 Å². The number of fused-ring (bicyclic) bond motifs is 3. The van der Waals surface area contributed by atoms with Gasteiger partial charge in [0.15, 0.2) is 0 Å². The lowest BCUT2D eigenvalue weighted by Crippen LogP contribution is -2.39. The number of amides is 1. The third-order valence-electron chi connectivity index (χ3n) is 5.41.